The predicted molar refractivity (Wildman–Crippen MR) is 88.6 cm³/mol. The van der Waals surface area contributed by atoms with Gasteiger partial charge in [0.1, 0.15) is 18.5 Å². The molecule has 0 bridgehead atoms. The largest absolute Gasteiger partial charge is 0.490 e. The summed E-state index contributed by atoms with van der Waals surface area (Å²) in [5, 5.41) is 0. The highest BCUT2D eigenvalue weighted by Crippen LogP contribution is 2.31. The molecule has 0 N–H and O–H groups in total. The van der Waals surface area contributed by atoms with Crippen LogP contribution in [-0.2, 0) is 4.74 Å². The van der Waals surface area contributed by atoms with E-state index in [1.165, 1.54) is 0 Å². The van der Waals surface area contributed by atoms with E-state index in [4.69, 9.17) is 9.47 Å². The molecule has 5 heteroatoms. The van der Waals surface area contributed by atoms with Crippen molar-refractivity contribution in [1.29, 1.82) is 0 Å². The van der Waals surface area contributed by atoms with Crippen LogP contribution in [0.25, 0.3) is 0 Å². The number of para-hydroxylation sites is 1. The highest BCUT2D eigenvalue weighted by molar-refractivity contribution is 9.10. The van der Waals surface area contributed by atoms with Crippen molar-refractivity contribution in [3.63, 3.8) is 0 Å². The SMILES string of the molecule is CN(C(=O)c1cccc(OCC2CO2)c1Br)c1ccccc1. The van der Waals surface area contributed by atoms with Crippen molar-refractivity contribution < 1.29 is 14.3 Å². The third-order valence-corrected chi connectivity index (χ3v) is 4.29. The molecule has 22 heavy (non-hydrogen) atoms. The fraction of sp³-hybridized carbons (Fsp3) is 0.235. The maximum Gasteiger partial charge on any atom is 0.259 e. The summed E-state index contributed by atoms with van der Waals surface area (Å²) in [5.41, 5.74) is 1.41. The average molecular weight is 362 g/mol. The molecule has 1 fully saturated rings. The lowest BCUT2D eigenvalue weighted by Gasteiger charge is -2.19. The van der Waals surface area contributed by atoms with Crippen LogP contribution >= 0.6 is 15.9 Å². The molecule has 1 heterocycles. The Hall–Kier alpha value is -1.85. The number of carbonyl (C=O) groups is 1. The van der Waals surface area contributed by atoms with Gasteiger partial charge in [0.05, 0.1) is 16.6 Å². The van der Waals surface area contributed by atoms with Crippen molar-refractivity contribution >= 4 is 27.5 Å². The fourth-order valence-corrected chi connectivity index (χ4v) is 2.63. The smallest absolute Gasteiger partial charge is 0.259 e. The van der Waals surface area contributed by atoms with Crippen molar-refractivity contribution in [3.8, 4) is 5.75 Å². The lowest BCUT2D eigenvalue weighted by atomic mass is 10.1. The van der Waals surface area contributed by atoms with Crippen molar-refractivity contribution in [2.24, 2.45) is 0 Å². The van der Waals surface area contributed by atoms with Crippen LogP contribution in [0.3, 0.4) is 0 Å². The lowest BCUT2D eigenvalue weighted by Crippen LogP contribution is -2.26. The van der Waals surface area contributed by atoms with E-state index in [9.17, 15) is 4.79 Å². The quantitative estimate of drug-likeness (QED) is 0.765. The molecule has 2 aromatic carbocycles. The molecular weight excluding hydrogens is 346 g/mol. The number of hydrogen-bond acceptors (Lipinski definition) is 3. The summed E-state index contributed by atoms with van der Waals surface area (Å²) in [4.78, 5) is 14.3. The van der Waals surface area contributed by atoms with E-state index in [0.29, 0.717) is 22.4 Å². The van der Waals surface area contributed by atoms with Crippen LogP contribution in [0.15, 0.2) is 53.0 Å². The second kappa shape index (κ2) is 6.50. The number of amides is 1. The second-order valence-corrected chi connectivity index (χ2v) is 5.88. The van der Waals surface area contributed by atoms with Gasteiger partial charge in [-0.2, -0.15) is 0 Å². The highest BCUT2D eigenvalue weighted by atomic mass is 79.9. The van der Waals surface area contributed by atoms with E-state index >= 15 is 0 Å². The summed E-state index contributed by atoms with van der Waals surface area (Å²) < 4.78 is 11.5. The zero-order chi connectivity index (χ0) is 15.5. The third kappa shape index (κ3) is 3.31. The van der Waals surface area contributed by atoms with E-state index in [0.717, 1.165) is 12.3 Å². The maximum absolute atomic E-state index is 12.7. The molecule has 1 atom stereocenters. The van der Waals surface area contributed by atoms with Gasteiger partial charge in [-0.15, -0.1) is 0 Å². The van der Waals surface area contributed by atoms with E-state index in [-0.39, 0.29) is 12.0 Å². The maximum atomic E-state index is 12.7. The number of benzene rings is 2. The first-order chi connectivity index (χ1) is 10.7. The molecule has 1 aliphatic rings. The van der Waals surface area contributed by atoms with E-state index in [2.05, 4.69) is 15.9 Å². The first kappa shape index (κ1) is 15.1. The molecule has 1 aliphatic heterocycles. The Kier molecular flexibility index (Phi) is 4.45. The second-order valence-electron chi connectivity index (χ2n) is 5.08. The summed E-state index contributed by atoms with van der Waals surface area (Å²) in [5.74, 6) is 0.564. The molecule has 1 unspecified atom stereocenters. The minimum Gasteiger partial charge on any atom is -0.490 e. The van der Waals surface area contributed by atoms with Gasteiger partial charge in [0, 0.05) is 12.7 Å². The summed E-state index contributed by atoms with van der Waals surface area (Å²) in [7, 11) is 1.76. The van der Waals surface area contributed by atoms with Crippen LogP contribution < -0.4 is 9.64 Å². The Morgan fingerprint density at radius 3 is 2.68 bits per heavy atom. The molecule has 2 aromatic rings. The average Bonchev–Trinajstić information content (AvgIpc) is 3.38. The van der Waals surface area contributed by atoms with Gasteiger partial charge >= 0.3 is 0 Å². The summed E-state index contributed by atoms with van der Waals surface area (Å²) in [6.45, 7) is 1.25. The van der Waals surface area contributed by atoms with Crippen LogP contribution in [0.2, 0.25) is 0 Å². The van der Waals surface area contributed by atoms with Gasteiger partial charge in [-0.3, -0.25) is 4.79 Å². The number of ether oxygens (including phenoxy) is 2. The molecule has 0 spiro atoms. The van der Waals surface area contributed by atoms with Gasteiger partial charge in [0.25, 0.3) is 5.91 Å². The standard InChI is InChI=1S/C17H16BrNO3/c1-19(12-6-3-2-4-7-12)17(20)14-8-5-9-15(16(14)18)22-11-13-10-21-13/h2-9,13H,10-11H2,1H3. The number of hydrogen-bond donors (Lipinski definition) is 0. The lowest BCUT2D eigenvalue weighted by molar-refractivity contribution is 0.0991. The van der Waals surface area contributed by atoms with Crippen LogP contribution in [0.5, 0.6) is 5.75 Å². The predicted octanol–water partition coefficient (Wildman–Crippen LogP) is 3.50. The number of halogens is 1. The molecule has 0 aromatic heterocycles. The first-order valence-corrected chi connectivity index (χ1v) is 7.82. The Bertz CT molecular complexity index is 671. The minimum atomic E-state index is -0.0915. The number of anilines is 1. The van der Waals surface area contributed by atoms with Gasteiger partial charge in [-0.25, -0.2) is 0 Å². The Morgan fingerprint density at radius 1 is 1.27 bits per heavy atom. The van der Waals surface area contributed by atoms with Gasteiger partial charge in [-0.05, 0) is 40.2 Å². The summed E-state index contributed by atoms with van der Waals surface area (Å²) in [6, 6.07) is 15.0. The van der Waals surface area contributed by atoms with Crippen molar-refractivity contribution in [3.05, 3.63) is 58.6 Å². The highest BCUT2D eigenvalue weighted by Gasteiger charge is 2.24. The Morgan fingerprint density at radius 2 is 2.00 bits per heavy atom. The van der Waals surface area contributed by atoms with E-state index < -0.39 is 0 Å². The summed E-state index contributed by atoms with van der Waals surface area (Å²) in [6.07, 6.45) is 0.179. The molecule has 114 valence electrons. The van der Waals surface area contributed by atoms with Crippen LogP contribution in [0.4, 0.5) is 5.69 Å². The number of carbonyl (C=O) groups excluding carboxylic acids is 1. The molecule has 4 nitrogen and oxygen atoms in total. The van der Waals surface area contributed by atoms with Crippen LogP contribution in [-0.4, -0.2) is 32.3 Å². The third-order valence-electron chi connectivity index (χ3n) is 3.47. The molecule has 0 aliphatic carbocycles. The number of epoxide rings is 1. The fourth-order valence-electron chi connectivity index (χ4n) is 2.08. The van der Waals surface area contributed by atoms with Gasteiger partial charge in [0.15, 0.2) is 0 Å². The Labute approximate surface area is 137 Å². The van der Waals surface area contributed by atoms with Gasteiger partial charge < -0.3 is 14.4 Å². The van der Waals surface area contributed by atoms with E-state index in [1.807, 2.05) is 42.5 Å². The zero-order valence-corrected chi connectivity index (χ0v) is 13.7. The topological polar surface area (TPSA) is 42.1 Å². The zero-order valence-electron chi connectivity index (χ0n) is 12.2. The monoisotopic (exact) mass is 361 g/mol. The van der Waals surface area contributed by atoms with Gasteiger partial charge in [0.2, 0.25) is 0 Å². The molecule has 0 saturated carbocycles. The molecule has 3 rings (SSSR count). The van der Waals surface area contributed by atoms with Crippen molar-refractivity contribution in [2.45, 2.75) is 6.10 Å². The van der Waals surface area contributed by atoms with Crippen molar-refractivity contribution in [2.75, 3.05) is 25.2 Å². The van der Waals surface area contributed by atoms with Gasteiger partial charge in [-0.1, -0.05) is 24.3 Å². The van der Waals surface area contributed by atoms with Crippen LogP contribution in [0.1, 0.15) is 10.4 Å². The molecule has 1 amide bonds. The minimum absolute atomic E-state index is 0.0915. The normalized spacial score (nSPS) is 16.2. The molecular formula is C17H16BrNO3. The Balaban J connectivity index is 1.80. The van der Waals surface area contributed by atoms with E-state index in [1.54, 1.807) is 18.0 Å². The first-order valence-electron chi connectivity index (χ1n) is 7.03. The molecule has 1 saturated heterocycles. The number of rotatable bonds is 5. The summed E-state index contributed by atoms with van der Waals surface area (Å²) >= 11 is 3.48. The number of nitrogens with zero attached hydrogens (tertiary/aromatic N) is 1. The van der Waals surface area contributed by atoms with Crippen molar-refractivity contribution in [1.82, 2.24) is 0 Å². The van der Waals surface area contributed by atoms with Crippen LogP contribution in [0, 0.1) is 0 Å². The molecule has 0 radical (unpaired) electrons.